The van der Waals surface area contributed by atoms with Gasteiger partial charge < -0.3 is 25.0 Å². The Labute approximate surface area is 175 Å². The number of nitrogens with zero attached hydrogens (tertiary/aromatic N) is 1. The number of hydrogen-bond donors (Lipinski definition) is 2. The third-order valence-corrected chi connectivity index (χ3v) is 4.77. The van der Waals surface area contributed by atoms with Crippen molar-refractivity contribution in [3.05, 3.63) is 54.1 Å². The highest BCUT2D eigenvalue weighted by molar-refractivity contribution is 6.01. The lowest BCUT2D eigenvalue weighted by Crippen LogP contribution is -2.58. The number of methoxy groups -OCH3 is 1. The summed E-state index contributed by atoms with van der Waals surface area (Å²) in [6.45, 7) is 2.98. The van der Waals surface area contributed by atoms with E-state index in [9.17, 15) is 14.4 Å². The van der Waals surface area contributed by atoms with Gasteiger partial charge in [0.1, 0.15) is 17.5 Å². The van der Waals surface area contributed by atoms with Crippen LogP contribution in [-0.2, 0) is 9.59 Å². The molecule has 0 radical (unpaired) electrons. The van der Waals surface area contributed by atoms with Gasteiger partial charge in [0, 0.05) is 18.7 Å². The molecule has 0 aliphatic carbocycles. The van der Waals surface area contributed by atoms with Gasteiger partial charge in [0.2, 0.25) is 11.8 Å². The number of amides is 3. The highest BCUT2D eigenvalue weighted by Crippen LogP contribution is 2.24. The van der Waals surface area contributed by atoms with Crippen LogP contribution in [0.4, 0.5) is 5.69 Å². The summed E-state index contributed by atoms with van der Waals surface area (Å²) in [6, 6.07) is 12.8. The first-order chi connectivity index (χ1) is 14.5. The van der Waals surface area contributed by atoms with Crippen molar-refractivity contribution in [3.63, 3.8) is 0 Å². The van der Waals surface area contributed by atoms with E-state index in [-0.39, 0.29) is 24.1 Å². The molecule has 0 saturated carbocycles. The number of ether oxygens (including phenoxy) is 2. The van der Waals surface area contributed by atoms with E-state index in [1.54, 1.807) is 49.6 Å². The summed E-state index contributed by atoms with van der Waals surface area (Å²) in [5, 5.41) is 5.51. The van der Waals surface area contributed by atoms with E-state index in [0.717, 1.165) is 0 Å². The van der Waals surface area contributed by atoms with Crippen LogP contribution >= 0.6 is 0 Å². The first-order valence-electron chi connectivity index (χ1n) is 9.78. The van der Waals surface area contributed by atoms with Gasteiger partial charge in [0.25, 0.3) is 5.91 Å². The van der Waals surface area contributed by atoms with E-state index in [4.69, 9.17) is 9.47 Å². The molecule has 2 aromatic carbocycles. The fourth-order valence-electron chi connectivity index (χ4n) is 3.29. The number of para-hydroxylation sites is 2. The topological polar surface area (TPSA) is 97.0 Å². The Hall–Kier alpha value is -3.55. The second kappa shape index (κ2) is 9.78. The first-order valence-corrected chi connectivity index (χ1v) is 9.78. The average molecular weight is 411 g/mol. The standard InChI is InChI=1S/C22H25N3O5/c1-3-30-19-7-5-4-6-17(19)24-20(26)14-18-21(27)23-12-13-25(18)22(28)15-8-10-16(29-2)11-9-15/h4-11,18H,3,12-14H2,1-2H3,(H,23,27)(H,24,26). The maximum Gasteiger partial charge on any atom is 0.254 e. The van der Waals surface area contributed by atoms with Crippen molar-refractivity contribution in [2.24, 2.45) is 0 Å². The van der Waals surface area contributed by atoms with E-state index in [2.05, 4.69) is 10.6 Å². The molecular formula is C22H25N3O5. The van der Waals surface area contributed by atoms with Crippen LogP contribution in [0.5, 0.6) is 11.5 Å². The molecule has 0 bridgehead atoms. The lowest BCUT2D eigenvalue weighted by molar-refractivity contribution is -0.131. The predicted octanol–water partition coefficient (Wildman–Crippen LogP) is 2.06. The monoisotopic (exact) mass is 411 g/mol. The number of carbonyl (C=O) groups excluding carboxylic acids is 3. The summed E-state index contributed by atoms with van der Waals surface area (Å²) in [5.41, 5.74) is 0.950. The second-order valence-electron chi connectivity index (χ2n) is 6.72. The molecule has 8 heteroatoms. The maximum atomic E-state index is 13.0. The largest absolute Gasteiger partial charge is 0.497 e. The summed E-state index contributed by atoms with van der Waals surface area (Å²) in [4.78, 5) is 39.6. The maximum absolute atomic E-state index is 13.0. The molecule has 2 aromatic rings. The minimum absolute atomic E-state index is 0.159. The van der Waals surface area contributed by atoms with Gasteiger partial charge in [-0.3, -0.25) is 14.4 Å². The molecule has 1 saturated heterocycles. The van der Waals surface area contributed by atoms with E-state index in [0.29, 0.717) is 42.4 Å². The number of piperazine rings is 1. The number of rotatable bonds is 7. The molecule has 1 aliphatic rings. The summed E-state index contributed by atoms with van der Waals surface area (Å²) in [5.74, 6) is 0.146. The minimum atomic E-state index is -0.896. The molecule has 1 atom stereocenters. The molecular weight excluding hydrogens is 386 g/mol. The van der Waals surface area contributed by atoms with E-state index in [1.165, 1.54) is 4.90 Å². The molecule has 3 rings (SSSR count). The van der Waals surface area contributed by atoms with E-state index in [1.807, 2.05) is 13.0 Å². The van der Waals surface area contributed by atoms with E-state index >= 15 is 0 Å². The summed E-state index contributed by atoms with van der Waals surface area (Å²) < 4.78 is 10.6. The second-order valence-corrected chi connectivity index (χ2v) is 6.72. The number of carbonyl (C=O) groups is 3. The highest BCUT2D eigenvalue weighted by Gasteiger charge is 2.35. The number of anilines is 1. The SMILES string of the molecule is CCOc1ccccc1NC(=O)CC1C(=O)NCCN1C(=O)c1ccc(OC)cc1. The highest BCUT2D eigenvalue weighted by atomic mass is 16.5. The molecule has 30 heavy (non-hydrogen) atoms. The Bertz CT molecular complexity index is 913. The van der Waals surface area contributed by atoms with Crippen molar-refractivity contribution in [3.8, 4) is 11.5 Å². The summed E-state index contributed by atoms with van der Waals surface area (Å²) >= 11 is 0. The molecule has 2 N–H and O–H groups in total. The number of benzene rings is 2. The van der Waals surface area contributed by atoms with Crippen molar-refractivity contribution >= 4 is 23.4 Å². The fraction of sp³-hybridized carbons (Fsp3) is 0.318. The Morgan fingerprint density at radius 1 is 1.17 bits per heavy atom. The van der Waals surface area contributed by atoms with Crippen molar-refractivity contribution in [1.82, 2.24) is 10.2 Å². The average Bonchev–Trinajstić information content (AvgIpc) is 2.76. The lowest BCUT2D eigenvalue weighted by atomic mass is 10.1. The van der Waals surface area contributed by atoms with Gasteiger partial charge in [0.15, 0.2) is 0 Å². The number of nitrogens with one attached hydrogen (secondary N) is 2. The van der Waals surface area contributed by atoms with E-state index < -0.39 is 6.04 Å². The third-order valence-electron chi connectivity index (χ3n) is 4.77. The Morgan fingerprint density at radius 3 is 2.60 bits per heavy atom. The molecule has 1 unspecified atom stereocenters. The van der Waals surface area contributed by atoms with Crippen LogP contribution in [0.3, 0.4) is 0 Å². The number of hydrogen-bond acceptors (Lipinski definition) is 5. The minimum Gasteiger partial charge on any atom is -0.497 e. The van der Waals surface area contributed by atoms with Crippen molar-refractivity contribution < 1.29 is 23.9 Å². The first kappa shape index (κ1) is 21.2. The van der Waals surface area contributed by atoms with Gasteiger partial charge in [-0.25, -0.2) is 0 Å². The fourth-order valence-corrected chi connectivity index (χ4v) is 3.29. The smallest absolute Gasteiger partial charge is 0.254 e. The molecule has 1 aliphatic heterocycles. The van der Waals surface area contributed by atoms with Gasteiger partial charge in [-0.1, -0.05) is 12.1 Å². The molecule has 1 heterocycles. The van der Waals surface area contributed by atoms with Crippen LogP contribution in [0.15, 0.2) is 48.5 Å². The normalized spacial score (nSPS) is 15.9. The summed E-state index contributed by atoms with van der Waals surface area (Å²) in [6.07, 6.45) is -0.159. The van der Waals surface area contributed by atoms with Crippen LogP contribution in [-0.4, -0.2) is 55.5 Å². The van der Waals surface area contributed by atoms with Crippen molar-refractivity contribution in [1.29, 1.82) is 0 Å². The zero-order valence-corrected chi connectivity index (χ0v) is 17.0. The lowest BCUT2D eigenvalue weighted by Gasteiger charge is -2.34. The Morgan fingerprint density at radius 2 is 1.90 bits per heavy atom. The molecule has 1 fully saturated rings. The molecule has 0 spiro atoms. The molecule has 3 amide bonds. The van der Waals surface area contributed by atoms with Crippen LogP contribution in [0.1, 0.15) is 23.7 Å². The Balaban J connectivity index is 1.73. The third kappa shape index (κ3) is 4.89. The van der Waals surface area contributed by atoms with Gasteiger partial charge in [0.05, 0.1) is 25.8 Å². The van der Waals surface area contributed by atoms with Crippen LogP contribution in [0, 0.1) is 0 Å². The van der Waals surface area contributed by atoms with Crippen LogP contribution < -0.4 is 20.1 Å². The van der Waals surface area contributed by atoms with Crippen molar-refractivity contribution in [2.75, 3.05) is 32.1 Å². The van der Waals surface area contributed by atoms with Crippen LogP contribution in [0.25, 0.3) is 0 Å². The van der Waals surface area contributed by atoms with Crippen LogP contribution in [0.2, 0.25) is 0 Å². The molecule has 8 nitrogen and oxygen atoms in total. The Kier molecular flexibility index (Phi) is 6.90. The predicted molar refractivity (Wildman–Crippen MR) is 112 cm³/mol. The zero-order chi connectivity index (χ0) is 21.5. The van der Waals surface area contributed by atoms with Gasteiger partial charge in [-0.05, 0) is 43.3 Å². The summed E-state index contributed by atoms with van der Waals surface area (Å²) in [7, 11) is 1.55. The van der Waals surface area contributed by atoms with Gasteiger partial charge in [-0.15, -0.1) is 0 Å². The van der Waals surface area contributed by atoms with Gasteiger partial charge >= 0.3 is 0 Å². The molecule has 0 aromatic heterocycles. The zero-order valence-electron chi connectivity index (χ0n) is 17.0. The molecule has 158 valence electrons. The van der Waals surface area contributed by atoms with Gasteiger partial charge in [-0.2, -0.15) is 0 Å². The van der Waals surface area contributed by atoms with Crippen molar-refractivity contribution in [2.45, 2.75) is 19.4 Å². The quantitative estimate of drug-likeness (QED) is 0.727.